The van der Waals surface area contributed by atoms with Gasteiger partial charge in [0.15, 0.2) is 0 Å². The molecule has 0 heterocycles. The molecule has 2 N–H and O–H groups in total. The first-order valence-corrected chi connectivity index (χ1v) is 5.80. The highest BCUT2D eigenvalue weighted by molar-refractivity contribution is 6.25. The van der Waals surface area contributed by atoms with Crippen molar-refractivity contribution in [2.75, 3.05) is 7.04 Å². The molecule has 0 aromatic heterocycles. The number of Topliss-reactive ketones (excluding diaryl/α,β-unsaturated/α-hetero) is 1. The van der Waals surface area contributed by atoms with Crippen LogP contribution in [0.2, 0.25) is 0 Å². The molecule has 0 saturated heterocycles. The fraction of sp³-hybridized carbons (Fsp3) is 0.692. The van der Waals surface area contributed by atoms with Gasteiger partial charge in [-0.25, -0.2) is 4.79 Å². The molecule has 0 aliphatic carbocycles. The number of nitrogens with one attached hydrogen (secondary N) is 2. The monoisotopic (exact) mass is 309 g/mol. The third-order valence-corrected chi connectivity index (χ3v) is 2.27. The molecule has 0 aromatic carbocycles. The zero-order valence-electron chi connectivity index (χ0n) is 20.2. The molecule has 8 nitrogen and oxygen atoms in total. The Balaban J connectivity index is 5.55. The number of esters is 1. The molecule has 0 unspecified atom stereocenters. The van der Waals surface area contributed by atoms with Crippen LogP contribution in [-0.2, 0) is 23.9 Å². The van der Waals surface area contributed by atoms with Crippen molar-refractivity contribution in [2.24, 2.45) is 0 Å². The Morgan fingerprint density at radius 3 is 2.71 bits per heavy atom. The van der Waals surface area contributed by atoms with Crippen molar-refractivity contribution < 1.29 is 41.0 Å². The average molecular weight is 309 g/mol. The molecule has 0 saturated carbocycles. The maximum Gasteiger partial charge on any atom is 0.372 e. The Morgan fingerprint density at radius 1 is 1.43 bits per heavy atom. The summed E-state index contributed by atoms with van der Waals surface area (Å²) in [5.74, 6) is -3.28. The third kappa shape index (κ3) is 7.96. The van der Waals surface area contributed by atoms with Gasteiger partial charge in [0, 0.05) is 21.7 Å². The van der Waals surface area contributed by atoms with Gasteiger partial charge in [-0.15, -0.1) is 0 Å². The van der Waals surface area contributed by atoms with Crippen LogP contribution < -0.4 is 5.32 Å². The van der Waals surface area contributed by atoms with Gasteiger partial charge < -0.3 is 14.8 Å². The Labute approximate surface area is 136 Å². The van der Waals surface area contributed by atoms with E-state index in [4.69, 9.17) is 17.9 Å². The Hall–Kier alpha value is -2.05. The Bertz CT molecular complexity index is 669. The average Bonchev–Trinajstić information content (AvgIpc) is 2.52. The van der Waals surface area contributed by atoms with E-state index in [1.165, 1.54) is 0 Å². The molecule has 0 aliphatic heterocycles. The minimum absolute atomic E-state index is 0.441. The van der Waals surface area contributed by atoms with Crippen LogP contribution in [0.4, 0.5) is 0 Å². The molecular formula is C13H22N3O5+. The first-order valence-electron chi connectivity index (χ1n) is 10.3. The molecule has 0 radical (unpaired) electrons. The maximum atomic E-state index is 12.4. The second-order valence-electron chi connectivity index (χ2n) is 3.90. The van der Waals surface area contributed by atoms with Crippen LogP contribution >= 0.6 is 0 Å². The van der Waals surface area contributed by atoms with Gasteiger partial charge in [0.2, 0.25) is 11.7 Å². The van der Waals surface area contributed by atoms with Crippen molar-refractivity contribution in [3.63, 3.8) is 0 Å². The molecule has 8 heteroatoms. The number of methoxy groups -OCH3 is 1. The summed E-state index contributed by atoms with van der Waals surface area (Å²) < 4.78 is 73.5. The molecule has 0 aromatic rings. The van der Waals surface area contributed by atoms with Crippen LogP contribution in [0.5, 0.6) is 0 Å². The minimum Gasteiger partial charge on any atom is -0.461 e. The number of hydrogen-bond donors (Lipinski definition) is 2. The third-order valence-electron chi connectivity index (χ3n) is 2.27. The lowest BCUT2D eigenvalue weighted by Crippen LogP contribution is -2.46. The number of hydrogen-bond acceptors (Lipinski definition) is 6. The zero-order valence-corrected chi connectivity index (χ0v) is 11.2. The van der Waals surface area contributed by atoms with Crippen LogP contribution in [0.15, 0.2) is 0 Å². The summed E-state index contributed by atoms with van der Waals surface area (Å²) >= 11 is 0. The smallest absolute Gasteiger partial charge is 0.372 e. The van der Waals surface area contributed by atoms with Gasteiger partial charge in [0.05, 0.1) is 20.5 Å². The van der Waals surface area contributed by atoms with Crippen molar-refractivity contribution >= 4 is 23.9 Å². The summed E-state index contributed by atoms with van der Waals surface area (Å²) in [7, 11) is -2.93. The van der Waals surface area contributed by atoms with Crippen LogP contribution in [-0.4, -0.2) is 54.0 Å². The lowest BCUT2D eigenvalue weighted by Gasteiger charge is -2.20. The Morgan fingerprint density at radius 2 is 2.14 bits per heavy atom. The van der Waals surface area contributed by atoms with Crippen LogP contribution in [0.3, 0.4) is 0 Å². The number of carbonyl (C=O) groups is 3. The fourth-order valence-electron chi connectivity index (χ4n) is 1.21. The number of carbonyl (C=O) groups excluding carboxylic acids is 3. The van der Waals surface area contributed by atoms with Crippen molar-refractivity contribution in [3.8, 4) is 0 Å². The molecule has 118 valence electrons. The second kappa shape index (κ2) is 9.79. The number of amides is 1. The van der Waals surface area contributed by atoms with Crippen LogP contribution in [0.25, 0.3) is 0 Å². The summed E-state index contributed by atoms with van der Waals surface area (Å²) in [6.07, 6.45) is -4.36. The first-order chi connectivity index (χ1) is 13.4. The van der Waals surface area contributed by atoms with E-state index < -0.39 is 69.5 Å². The minimum atomic E-state index is -3.21. The zero-order chi connectivity index (χ0) is 23.9. The summed E-state index contributed by atoms with van der Waals surface area (Å²) in [5.41, 5.74) is 6.58. The van der Waals surface area contributed by atoms with Crippen LogP contribution in [0, 0.1) is 5.53 Å². The second-order valence-corrected chi connectivity index (χ2v) is 3.90. The van der Waals surface area contributed by atoms with Crippen molar-refractivity contribution in [3.05, 3.63) is 0 Å². The Kier molecular flexibility index (Phi) is 3.92. The molecule has 0 bridgehead atoms. The van der Waals surface area contributed by atoms with E-state index in [0.717, 1.165) is 6.92 Å². The van der Waals surface area contributed by atoms with Gasteiger partial charge >= 0.3 is 12.2 Å². The van der Waals surface area contributed by atoms with Crippen molar-refractivity contribution in [1.82, 2.24) is 5.32 Å². The maximum absolute atomic E-state index is 12.4. The van der Waals surface area contributed by atoms with Gasteiger partial charge in [0.1, 0.15) is 12.1 Å². The van der Waals surface area contributed by atoms with Crippen molar-refractivity contribution in [2.45, 2.75) is 51.7 Å². The summed E-state index contributed by atoms with van der Waals surface area (Å²) in [4.78, 5) is 38.8. The molecule has 0 rings (SSSR count). The van der Waals surface area contributed by atoms with E-state index in [-0.39, 0.29) is 0 Å². The lowest BCUT2D eigenvalue weighted by molar-refractivity contribution is -0.152. The van der Waals surface area contributed by atoms with E-state index in [1.807, 2.05) is 5.32 Å². The molecular weight excluding hydrogens is 278 g/mol. The highest BCUT2D eigenvalue weighted by Gasteiger charge is 2.26. The summed E-state index contributed by atoms with van der Waals surface area (Å²) in [6.45, 7) is -5.35. The highest BCUT2D eigenvalue weighted by Crippen LogP contribution is 2.04. The first kappa shape index (κ1) is 8.41. The fourth-order valence-corrected chi connectivity index (χ4v) is 1.21. The molecule has 21 heavy (non-hydrogen) atoms. The number of nitrogens with zero attached hydrogens (tertiary/aromatic N) is 1. The van der Waals surface area contributed by atoms with E-state index in [9.17, 15) is 14.4 Å². The molecule has 0 fully saturated rings. The molecule has 1 amide bonds. The van der Waals surface area contributed by atoms with Gasteiger partial charge in [-0.3, -0.25) is 9.59 Å². The SMILES string of the molecule is [2H]C([2H])([2H])O[C@@H](C)C(=O)N[C@@H](CCC(=O)C=[N+]=N)C(=O)OC(C([2H])([2H])[2H])C([2H])([2H])[2H]. The van der Waals surface area contributed by atoms with Gasteiger partial charge in [0.25, 0.3) is 0 Å². The van der Waals surface area contributed by atoms with E-state index in [1.54, 1.807) is 0 Å². The van der Waals surface area contributed by atoms with Gasteiger partial charge in [-0.2, -0.15) is 0 Å². The number of ether oxygens (including phenoxy) is 2. The molecule has 0 aliphatic rings. The highest BCUT2D eigenvalue weighted by atomic mass is 16.5. The normalized spacial score (nSPS) is 21.1. The molecule has 2 atom stereocenters. The van der Waals surface area contributed by atoms with Crippen molar-refractivity contribution in [1.29, 1.82) is 5.53 Å². The lowest BCUT2D eigenvalue weighted by atomic mass is 10.1. The van der Waals surface area contributed by atoms with E-state index in [2.05, 4.69) is 14.3 Å². The van der Waals surface area contributed by atoms with Crippen LogP contribution in [0.1, 0.15) is 45.8 Å². The summed E-state index contributed by atoms with van der Waals surface area (Å²) in [5, 5.41) is 2.05. The van der Waals surface area contributed by atoms with Gasteiger partial charge in [-0.05, 0) is 27.0 Å². The topological polar surface area (TPSA) is 120 Å². The van der Waals surface area contributed by atoms with Gasteiger partial charge in [-0.1, -0.05) is 0 Å². The number of rotatable bonds is 9. The predicted molar refractivity (Wildman–Crippen MR) is 72.9 cm³/mol. The summed E-state index contributed by atoms with van der Waals surface area (Å²) in [6, 6.07) is -1.70. The van der Waals surface area contributed by atoms with E-state index >= 15 is 0 Å². The standard InChI is InChI=1S/C13H21N3O5/c1-8(2)21-13(19)11(6-5-10(17)7-15-14)16-12(18)9(3)20-4/h7-9,11,14H,5-6H2,1-4H3/p+1/t9-,11-/m0/s1/i1D3,2D3,4D3. The number of ketones is 1. The largest absolute Gasteiger partial charge is 0.461 e. The molecule has 0 spiro atoms. The van der Waals surface area contributed by atoms with E-state index in [0.29, 0.717) is 6.21 Å². The predicted octanol–water partition coefficient (Wildman–Crippen LogP) is 0.117. The quantitative estimate of drug-likeness (QED) is 0.271.